The summed E-state index contributed by atoms with van der Waals surface area (Å²) in [6, 6.07) is 8.67. The molecule has 3 heteroatoms. The van der Waals surface area contributed by atoms with E-state index in [-0.39, 0.29) is 11.7 Å². The normalized spacial score (nSPS) is 28.9. The molecule has 0 radical (unpaired) electrons. The van der Waals surface area contributed by atoms with Crippen molar-refractivity contribution in [2.45, 2.75) is 44.7 Å². The molecule has 2 aliphatic heterocycles. The third-order valence-electron chi connectivity index (χ3n) is 4.48. The van der Waals surface area contributed by atoms with E-state index in [1.54, 1.807) is 6.07 Å². The zero-order valence-electron chi connectivity index (χ0n) is 11.1. The van der Waals surface area contributed by atoms with Crippen LogP contribution in [-0.2, 0) is 0 Å². The molecule has 98 valence electrons. The molecular weight excluding hydrogens is 236 g/mol. The summed E-state index contributed by atoms with van der Waals surface area (Å²) in [6.07, 6.45) is 4.23. The lowest BCUT2D eigenvalue weighted by Crippen LogP contribution is -2.40. The quantitative estimate of drug-likeness (QED) is 0.825. The molecule has 0 saturated carbocycles. The molecule has 1 aromatic rings. The van der Waals surface area contributed by atoms with Crippen molar-refractivity contribution in [2.75, 3.05) is 0 Å². The number of piperidine rings is 1. The van der Waals surface area contributed by atoms with E-state index in [4.69, 9.17) is 0 Å². The molecule has 0 spiro atoms. The van der Waals surface area contributed by atoms with Crippen LogP contribution in [0.2, 0.25) is 0 Å². The highest BCUT2D eigenvalue weighted by molar-refractivity contribution is 6.01. The summed E-state index contributed by atoms with van der Waals surface area (Å²) in [7, 11) is 0. The van der Waals surface area contributed by atoms with E-state index in [9.17, 15) is 10.1 Å². The van der Waals surface area contributed by atoms with Crippen LogP contribution in [-0.4, -0.2) is 17.9 Å². The molecule has 2 bridgehead atoms. The fourth-order valence-electron chi connectivity index (χ4n) is 3.56. The van der Waals surface area contributed by atoms with E-state index < -0.39 is 0 Å². The van der Waals surface area contributed by atoms with Gasteiger partial charge in [0, 0.05) is 23.6 Å². The number of carbonyl (C=O) groups is 1. The molecule has 2 unspecified atom stereocenters. The van der Waals surface area contributed by atoms with Gasteiger partial charge in [0.1, 0.15) is 0 Å². The number of benzene rings is 1. The van der Waals surface area contributed by atoms with Crippen molar-refractivity contribution >= 4 is 5.78 Å². The maximum atomic E-state index is 12.7. The van der Waals surface area contributed by atoms with Crippen LogP contribution >= 0.6 is 0 Å². The Labute approximate surface area is 113 Å². The highest BCUT2D eigenvalue weighted by atomic mass is 16.1. The Hall–Kier alpha value is -1.66. The van der Waals surface area contributed by atoms with Gasteiger partial charge in [-0.25, -0.2) is 0 Å². The van der Waals surface area contributed by atoms with Crippen molar-refractivity contribution < 1.29 is 4.79 Å². The Morgan fingerprint density at radius 2 is 2.00 bits per heavy atom. The zero-order valence-corrected chi connectivity index (χ0v) is 11.1. The van der Waals surface area contributed by atoms with Crippen LogP contribution in [0.1, 0.15) is 47.2 Å². The van der Waals surface area contributed by atoms with Gasteiger partial charge in [0.05, 0.1) is 11.6 Å². The van der Waals surface area contributed by atoms with Crippen molar-refractivity contribution in [1.82, 2.24) is 5.32 Å². The number of nitriles is 1. The van der Waals surface area contributed by atoms with Gasteiger partial charge in [-0.3, -0.25) is 4.79 Å². The topological polar surface area (TPSA) is 52.9 Å². The van der Waals surface area contributed by atoms with Gasteiger partial charge in [-0.05, 0) is 44.2 Å². The lowest BCUT2D eigenvalue weighted by Gasteiger charge is -2.28. The summed E-state index contributed by atoms with van der Waals surface area (Å²) in [6.45, 7) is 1.92. The maximum Gasteiger partial charge on any atom is 0.167 e. The van der Waals surface area contributed by atoms with Crippen molar-refractivity contribution in [3.63, 3.8) is 0 Å². The lowest BCUT2D eigenvalue weighted by atomic mass is 9.83. The highest BCUT2D eigenvalue weighted by Gasteiger charge is 2.37. The fraction of sp³-hybridized carbons (Fsp3) is 0.500. The average Bonchev–Trinajstić information content (AvgIpc) is 2.76. The summed E-state index contributed by atoms with van der Waals surface area (Å²) >= 11 is 0. The third kappa shape index (κ3) is 2.17. The van der Waals surface area contributed by atoms with Gasteiger partial charge in [-0.1, -0.05) is 12.1 Å². The first-order valence-corrected chi connectivity index (χ1v) is 6.99. The Bertz CT molecular complexity index is 546. The number of hydrogen-bond acceptors (Lipinski definition) is 3. The second-order valence-corrected chi connectivity index (χ2v) is 5.78. The summed E-state index contributed by atoms with van der Waals surface area (Å²) in [5.74, 6) is 0.264. The van der Waals surface area contributed by atoms with Gasteiger partial charge in [-0.15, -0.1) is 0 Å². The molecule has 3 rings (SSSR count). The predicted octanol–water partition coefficient (Wildman–Crippen LogP) is 2.58. The molecule has 2 fully saturated rings. The van der Waals surface area contributed by atoms with Crippen molar-refractivity contribution in [3.8, 4) is 6.07 Å². The minimum atomic E-state index is 0.0898. The molecule has 0 aliphatic carbocycles. The smallest absolute Gasteiger partial charge is 0.167 e. The molecule has 2 heterocycles. The number of hydrogen-bond donors (Lipinski definition) is 1. The summed E-state index contributed by atoms with van der Waals surface area (Å²) in [4.78, 5) is 12.7. The Morgan fingerprint density at radius 1 is 1.32 bits per heavy atom. The van der Waals surface area contributed by atoms with Gasteiger partial charge < -0.3 is 5.32 Å². The van der Waals surface area contributed by atoms with Crippen LogP contribution in [0, 0.1) is 24.2 Å². The molecule has 2 atom stereocenters. The SMILES string of the molecule is Cc1cccc(C#N)c1C(=O)C1CC2CCC(C1)N2. The minimum absolute atomic E-state index is 0.0898. The Kier molecular flexibility index (Phi) is 3.12. The lowest BCUT2D eigenvalue weighted by molar-refractivity contribution is 0.0874. The molecule has 0 amide bonds. The van der Waals surface area contributed by atoms with Crippen LogP contribution < -0.4 is 5.32 Å². The largest absolute Gasteiger partial charge is 0.311 e. The van der Waals surface area contributed by atoms with Gasteiger partial charge in [-0.2, -0.15) is 5.26 Å². The molecule has 3 nitrogen and oxygen atoms in total. The number of nitrogens with one attached hydrogen (secondary N) is 1. The summed E-state index contributed by atoms with van der Waals surface area (Å²) in [5, 5.41) is 12.7. The number of carbonyl (C=O) groups excluding carboxylic acids is 1. The second kappa shape index (κ2) is 4.79. The number of rotatable bonds is 2. The molecule has 1 N–H and O–H groups in total. The molecular formula is C16H18N2O. The molecule has 19 heavy (non-hydrogen) atoms. The van der Waals surface area contributed by atoms with E-state index in [1.165, 1.54) is 12.8 Å². The first kappa shape index (κ1) is 12.4. The van der Waals surface area contributed by atoms with E-state index in [0.717, 1.165) is 18.4 Å². The van der Waals surface area contributed by atoms with Crippen LogP contribution in [0.3, 0.4) is 0 Å². The third-order valence-corrected chi connectivity index (χ3v) is 4.48. The zero-order chi connectivity index (χ0) is 13.4. The van der Waals surface area contributed by atoms with Gasteiger partial charge >= 0.3 is 0 Å². The molecule has 0 aromatic heterocycles. The number of nitrogens with zero attached hydrogens (tertiary/aromatic N) is 1. The predicted molar refractivity (Wildman–Crippen MR) is 72.9 cm³/mol. The fourth-order valence-corrected chi connectivity index (χ4v) is 3.56. The Balaban J connectivity index is 1.91. The standard InChI is InChI=1S/C16H18N2O/c1-10-3-2-4-11(9-17)15(10)16(19)12-7-13-5-6-14(8-12)18-13/h2-4,12-14,18H,5-8H2,1H3. The number of fused-ring (bicyclic) bond motifs is 2. The van der Waals surface area contributed by atoms with Crippen molar-refractivity contribution in [2.24, 2.45) is 5.92 Å². The molecule has 2 aliphatic rings. The van der Waals surface area contributed by atoms with Gasteiger partial charge in [0.2, 0.25) is 0 Å². The first-order valence-electron chi connectivity index (χ1n) is 6.99. The van der Waals surface area contributed by atoms with Crippen LogP contribution in [0.4, 0.5) is 0 Å². The number of ketones is 1. The van der Waals surface area contributed by atoms with Crippen molar-refractivity contribution in [3.05, 3.63) is 34.9 Å². The van der Waals surface area contributed by atoms with E-state index in [1.807, 2.05) is 19.1 Å². The van der Waals surface area contributed by atoms with E-state index in [2.05, 4.69) is 11.4 Å². The Morgan fingerprint density at radius 3 is 2.63 bits per heavy atom. The average molecular weight is 254 g/mol. The van der Waals surface area contributed by atoms with E-state index >= 15 is 0 Å². The summed E-state index contributed by atoms with van der Waals surface area (Å²) in [5.41, 5.74) is 2.10. The monoisotopic (exact) mass is 254 g/mol. The number of Topliss-reactive ketones (excluding diaryl/α,β-unsaturated/α-hetero) is 1. The minimum Gasteiger partial charge on any atom is -0.311 e. The van der Waals surface area contributed by atoms with E-state index in [0.29, 0.717) is 23.2 Å². The maximum absolute atomic E-state index is 12.7. The molecule has 2 saturated heterocycles. The summed E-state index contributed by atoms with van der Waals surface area (Å²) < 4.78 is 0. The van der Waals surface area contributed by atoms with Crippen molar-refractivity contribution in [1.29, 1.82) is 5.26 Å². The molecule has 1 aromatic carbocycles. The highest BCUT2D eigenvalue weighted by Crippen LogP contribution is 2.33. The van der Waals surface area contributed by atoms with Gasteiger partial charge in [0.25, 0.3) is 0 Å². The number of aryl methyl sites for hydroxylation is 1. The van der Waals surface area contributed by atoms with Crippen LogP contribution in [0.5, 0.6) is 0 Å². The van der Waals surface area contributed by atoms with Gasteiger partial charge in [0.15, 0.2) is 5.78 Å². The van der Waals surface area contributed by atoms with Crippen LogP contribution in [0.25, 0.3) is 0 Å². The first-order chi connectivity index (χ1) is 9.19. The second-order valence-electron chi connectivity index (χ2n) is 5.78. The van der Waals surface area contributed by atoms with Crippen LogP contribution in [0.15, 0.2) is 18.2 Å².